The minimum Gasteiger partial charge on any atom is -0.473 e. The molecule has 0 spiro atoms. The first-order valence-electron chi connectivity index (χ1n) is 3.75. The summed E-state index contributed by atoms with van der Waals surface area (Å²) in [7, 11) is 1.56. The average molecular weight is 219 g/mol. The molecule has 1 unspecified atom stereocenters. The van der Waals surface area contributed by atoms with Gasteiger partial charge in [0.2, 0.25) is 5.44 Å². The molecule has 2 rings (SSSR count). The number of benzene rings is 1. The Kier molecular flexibility index (Phi) is 1.96. The van der Waals surface area contributed by atoms with E-state index < -0.39 is 14.5 Å². The molecule has 1 aromatic rings. The number of ether oxygens (including phenoxy) is 1. The third-order valence-corrected chi connectivity index (χ3v) is 3.42. The van der Waals surface area contributed by atoms with E-state index in [4.69, 9.17) is 15.4 Å². The van der Waals surface area contributed by atoms with E-state index in [0.717, 1.165) is 5.56 Å². The summed E-state index contributed by atoms with van der Waals surface area (Å²) in [6, 6.07) is 7.20. The normalized spacial score (nSPS) is 20.8. The highest BCUT2D eigenvalue weighted by Gasteiger charge is 2.32. The fourth-order valence-corrected chi connectivity index (χ4v) is 2.20. The van der Waals surface area contributed by atoms with Crippen LogP contribution >= 0.6 is 10.7 Å². The van der Waals surface area contributed by atoms with Gasteiger partial charge in [-0.3, -0.25) is 0 Å². The molecule has 1 aliphatic heterocycles. The van der Waals surface area contributed by atoms with E-state index in [1.165, 1.54) is 0 Å². The Morgan fingerprint density at radius 1 is 1.38 bits per heavy atom. The molecule has 0 saturated carbocycles. The fourth-order valence-electron chi connectivity index (χ4n) is 1.31. The minimum atomic E-state index is -3.62. The Morgan fingerprint density at radius 2 is 2.08 bits per heavy atom. The predicted octanol–water partition coefficient (Wildman–Crippen LogP) is 1.52. The summed E-state index contributed by atoms with van der Waals surface area (Å²) in [5.74, 6) is 0.608. The van der Waals surface area contributed by atoms with Gasteiger partial charge in [0.15, 0.2) is 0 Å². The van der Waals surface area contributed by atoms with Gasteiger partial charge >= 0.3 is 0 Å². The molecule has 70 valence electrons. The number of rotatable bonds is 1. The summed E-state index contributed by atoms with van der Waals surface area (Å²) >= 11 is 0. The molecule has 0 saturated heterocycles. The molecule has 1 heterocycles. The van der Waals surface area contributed by atoms with E-state index in [2.05, 4.69) is 0 Å². The van der Waals surface area contributed by atoms with Crippen LogP contribution in [0.25, 0.3) is 0 Å². The molecule has 13 heavy (non-hydrogen) atoms. The first-order chi connectivity index (χ1) is 6.07. The van der Waals surface area contributed by atoms with Crippen molar-refractivity contribution in [3.8, 4) is 5.75 Å². The summed E-state index contributed by atoms with van der Waals surface area (Å²) in [5, 5.41) is 0. The molecule has 0 bridgehead atoms. The highest BCUT2D eigenvalue weighted by atomic mass is 35.7. The number of halogens is 1. The average Bonchev–Trinajstić information content (AvgIpc) is 2.45. The van der Waals surface area contributed by atoms with E-state index in [0.29, 0.717) is 12.2 Å². The van der Waals surface area contributed by atoms with Crippen molar-refractivity contribution in [1.29, 1.82) is 0 Å². The largest absolute Gasteiger partial charge is 0.473 e. The zero-order chi connectivity index (χ0) is 9.47. The van der Waals surface area contributed by atoms with Gasteiger partial charge in [-0.2, -0.15) is 0 Å². The summed E-state index contributed by atoms with van der Waals surface area (Å²) in [5.41, 5.74) is -0.0386. The summed E-state index contributed by atoms with van der Waals surface area (Å²) in [4.78, 5) is 0. The van der Waals surface area contributed by atoms with Crippen molar-refractivity contribution in [2.75, 3.05) is 0 Å². The molecule has 3 nitrogen and oxygen atoms in total. The lowest BCUT2D eigenvalue weighted by atomic mass is 10.2. The molecule has 0 radical (unpaired) electrons. The second kappa shape index (κ2) is 2.89. The molecule has 0 fully saturated rings. The van der Waals surface area contributed by atoms with Crippen LogP contribution < -0.4 is 4.74 Å². The number of hydrogen-bond acceptors (Lipinski definition) is 3. The van der Waals surface area contributed by atoms with Gasteiger partial charge in [0.05, 0.1) is 0 Å². The monoisotopic (exact) mass is 218 g/mol. The minimum absolute atomic E-state index is 0.335. The van der Waals surface area contributed by atoms with Crippen molar-refractivity contribution < 1.29 is 13.2 Å². The zero-order valence-electron chi connectivity index (χ0n) is 6.60. The van der Waals surface area contributed by atoms with Gasteiger partial charge in [-0.05, 0) is 11.6 Å². The van der Waals surface area contributed by atoms with Crippen LogP contribution in [0.5, 0.6) is 5.75 Å². The van der Waals surface area contributed by atoms with Crippen molar-refractivity contribution in [3.05, 3.63) is 29.8 Å². The van der Waals surface area contributed by atoms with Crippen LogP contribution in [0.3, 0.4) is 0 Å². The highest BCUT2D eigenvalue weighted by molar-refractivity contribution is 8.14. The van der Waals surface area contributed by atoms with Crippen molar-refractivity contribution in [1.82, 2.24) is 0 Å². The second-order valence-corrected chi connectivity index (χ2v) is 5.60. The SMILES string of the molecule is O=S(=O)(Cl)C1Cc2ccccc2O1. The zero-order valence-corrected chi connectivity index (χ0v) is 8.18. The predicted molar refractivity (Wildman–Crippen MR) is 49.3 cm³/mol. The standard InChI is InChI=1S/C8H7ClO3S/c9-13(10,11)8-5-6-3-1-2-4-7(6)12-8/h1-4,8H,5H2. The van der Waals surface area contributed by atoms with Crippen LogP contribution in [0, 0.1) is 0 Å². The van der Waals surface area contributed by atoms with Crippen LogP contribution in [0.1, 0.15) is 5.56 Å². The van der Waals surface area contributed by atoms with E-state index in [9.17, 15) is 8.42 Å². The van der Waals surface area contributed by atoms with E-state index in [1.807, 2.05) is 12.1 Å². The first kappa shape index (κ1) is 8.84. The van der Waals surface area contributed by atoms with Gasteiger partial charge in [-0.25, -0.2) is 8.42 Å². The maximum absolute atomic E-state index is 10.9. The molecule has 1 aromatic carbocycles. The highest BCUT2D eigenvalue weighted by Crippen LogP contribution is 2.31. The second-order valence-electron chi connectivity index (χ2n) is 2.83. The van der Waals surface area contributed by atoms with Crippen molar-refractivity contribution >= 4 is 19.7 Å². The lowest BCUT2D eigenvalue weighted by Gasteiger charge is -2.04. The van der Waals surface area contributed by atoms with Crippen molar-refractivity contribution in [2.45, 2.75) is 11.9 Å². The smallest absolute Gasteiger partial charge is 0.270 e. The van der Waals surface area contributed by atoms with E-state index >= 15 is 0 Å². The summed E-state index contributed by atoms with van der Waals surface area (Å²) < 4.78 is 27.0. The quantitative estimate of drug-likeness (QED) is 0.672. The molecule has 1 aliphatic rings. The van der Waals surface area contributed by atoms with Gasteiger partial charge in [0.25, 0.3) is 9.05 Å². The molecule has 1 atom stereocenters. The Bertz CT molecular complexity index is 402. The van der Waals surface area contributed by atoms with E-state index in [-0.39, 0.29) is 0 Å². The lowest BCUT2D eigenvalue weighted by Crippen LogP contribution is -2.20. The Balaban J connectivity index is 2.33. The number of para-hydroxylation sites is 1. The maximum Gasteiger partial charge on any atom is 0.270 e. The van der Waals surface area contributed by atoms with E-state index in [1.54, 1.807) is 12.1 Å². The first-order valence-corrected chi connectivity index (χ1v) is 6.12. The van der Waals surface area contributed by atoms with Crippen LogP contribution in [-0.4, -0.2) is 13.9 Å². The number of hydrogen-bond donors (Lipinski definition) is 0. The lowest BCUT2D eigenvalue weighted by molar-refractivity contribution is 0.309. The van der Waals surface area contributed by atoms with Crippen molar-refractivity contribution in [2.24, 2.45) is 0 Å². The molecule has 0 aliphatic carbocycles. The number of fused-ring (bicyclic) bond motifs is 1. The van der Waals surface area contributed by atoms with Gasteiger partial charge < -0.3 is 4.74 Å². The fraction of sp³-hybridized carbons (Fsp3) is 0.250. The third kappa shape index (κ3) is 1.64. The van der Waals surface area contributed by atoms with Crippen LogP contribution in [0.4, 0.5) is 0 Å². The molecule has 0 N–H and O–H groups in total. The van der Waals surface area contributed by atoms with Gasteiger partial charge in [0, 0.05) is 17.1 Å². The third-order valence-electron chi connectivity index (χ3n) is 1.93. The Morgan fingerprint density at radius 3 is 2.69 bits per heavy atom. The Labute approximate surface area is 80.7 Å². The topological polar surface area (TPSA) is 43.4 Å². The molecular formula is C8H7ClO3S. The van der Waals surface area contributed by atoms with Crippen LogP contribution in [0.15, 0.2) is 24.3 Å². The van der Waals surface area contributed by atoms with Gasteiger partial charge in [-0.15, -0.1) is 0 Å². The summed E-state index contributed by atoms with van der Waals surface area (Å²) in [6.45, 7) is 0. The van der Waals surface area contributed by atoms with Gasteiger partial charge in [0.1, 0.15) is 5.75 Å². The van der Waals surface area contributed by atoms with Crippen LogP contribution in [0.2, 0.25) is 0 Å². The van der Waals surface area contributed by atoms with Gasteiger partial charge in [-0.1, -0.05) is 18.2 Å². The molecule has 5 heteroatoms. The van der Waals surface area contributed by atoms with Crippen LogP contribution in [-0.2, 0) is 15.5 Å². The Hall–Kier alpha value is -0.740. The maximum atomic E-state index is 10.9. The summed E-state index contributed by atoms with van der Waals surface area (Å²) in [6.07, 6.45) is 0.335. The molecular weight excluding hydrogens is 212 g/mol. The molecule has 0 amide bonds. The molecule has 0 aromatic heterocycles. The van der Waals surface area contributed by atoms with Crippen molar-refractivity contribution in [3.63, 3.8) is 0 Å².